The van der Waals surface area contributed by atoms with Crippen molar-refractivity contribution in [3.63, 3.8) is 0 Å². The summed E-state index contributed by atoms with van der Waals surface area (Å²) < 4.78 is 37.9. The maximum absolute atomic E-state index is 12.6. The number of nitrogens with two attached hydrogens (primary N) is 1. The summed E-state index contributed by atoms with van der Waals surface area (Å²) in [5, 5.41) is 20.6. The highest BCUT2D eigenvalue weighted by Crippen LogP contribution is 2.22. The van der Waals surface area contributed by atoms with Crippen LogP contribution in [0.25, 0.3) is 0 Å². The molecule has 0 aliphatic carbocycles. The van der Waals surface area contributed by atoms with E-state index in [1.807, 2.05) is 0 Å². The number of hydrogen-bond donors (Lipinski definition) is 4. The number of aliphatic hydroxyl groups excluding tert-OH is 1. The molecule has 0 aromatic rings. The number of carbonyl (C=O) groups excluding carboxylic acids is 1. The van der Waals surface area contributed by atoms with Crippen molar-refractivity contribution >= 4 is 22.1 Å². The Kier molecular flexibility index (Phi) is 24.7. The number of ether oxygens (including phenoxy) is 1. The van der Waals surface area contributed by atoms with Crippen molar-refractivity contribution in [2.24, 2.45) is 17.6 Å². The maximum Gasteiger partial charge on any atom is 0.328 e. The Hall–Kier alpha value is -1.49. The average Bonchev–Trinajstić information content (AvgIpc) is 2.93. The molecule has 0 aromatic carbocycles. The molecular formula is C35H67NO8S. The Morgan fingerprint density at radius 1 is 0.733 bits per heavy atom. The molecule has 0 rings (SSSR count). The lowest BCUT2D eigenvalue weighted by Gasteiger charge is -2.34. The topological polar surface area (TPSA) is 164 Å². The maximum atomic E-state index is 12.6. The minimum atomic E-state index is -4.86. The molecule has 0 aromatic heterocycles. The van der Waals surface area contributed by atoms with Crippen LogP contribution < -0.4 is 5.73 Å². The molecule has 9 nitrogen and oxygen atoms in total. The lowest BCUT2D eigenvalue weighted by atomic mass is 9.91. The third-order valence-corrected chi connectivity index (χ3v) is 9.14. The van der Waals surface area contributed by atoms with Crippen LogP contribution in [0.2, 0.25) is 0 Å². The summed E-state index contributed by atoms with van der Waals surface area (Å²) >= 11 is 0. The molecule has 0 heterocycles. The predicted molar refractivity (Wildman–Crippen MR) is 183 cm³/mol. The van der Waals surface area contributed by atoms with Gasteiger partial charge >= 0.3 is 11.9 Å². The van der Waals surface area contributed by atoms with E-state index in [9.17, 15) is 32.8 Å². The normalized spacial score (nSPS) is 15.0. The molecule has 0 fully saturated rings. The molecule has 3 unspecified atom stereocenters. The molecule has 0 bridgehead atoms. The fourth-order valence-corrected chi connectivity index (χ4v) is 6.41. The van der Waals surface area contributed by atoms with Crippen LogP contribution in [-0.4, -0.2) is 58.6 Å². The zero-order valence-electron chi connectivity index (χ0n) is 28.9. The van der Waals surface area contributed by atoms with E-state index in [2.05, 4.69) is 27.7 Å². The number of unbranched alkanes of at least 4 members (excludes halogenated alkanes) is 16. The Balaban J connectivity index is 4.73. The van der Waals surface area contributed by atoms with Gasteiger partial charge in [-0.25, -0.2) is 0 Å². The van der Waals surface area contributed by atoms with Gasteiger partial charge in [0.2, 0.25) is 0 Å². The van der Waals surface area contributed by atoms with Crippen LogP contribution in [0.4, 0.5) is 0 Å². The van der Waals surface area contributed by atoms with Gasteiger partial charge in [-0.15, -0.1) is 0 Å². The molecule has 0 spiro atoms. The number of carbonyl (C=O) groups is 2. The lowest BCUT2D eigenvalue weighted by molar-refractivity contribution is -0.166. The van der Waals surface area contributed by atoms with Crippen molar-refractivity contribution in [1.29, 1.82) is 0 Å². The first-order valence-electron chi connectivity index (χ1n) is 17.7. The number of carboxylic acid groups (broad SMARTS) is 1. The van der Waals surface area contributed by atoms with Crippen molar-refractivity contribution in [2.75, 3.05) is 5.75 Å². The zero-order valence-corrected chi connectivity index (χ0v) is 29.7. The van der Waals surface area contributed by atoms with Gasteiger partial charge in [0.15, 0.2) is 11.6 Å². The molecule has 0 aliphatic rings. The highest BCUT2D eigenvalue weighted by molar-refractivity contribution is 7.85. The Labute approximate surface area is 274 Å². The van der Waals surface area contributed by atoms with Gasteiger partial charge in [-0.3, -0.25) is 14.1 Å². The SMILES string of the molecule is CC(C)CCCCCCCCCCC=CC(O)C(OC(=O)CCCCCCCCCCCC(C)C)C(N)(CS(=O)(=O)O)C(=O)O. The molecule has 0 radical (unpaired) electrons. The summed E-state index contributed by atoms with van der Waals surface area (Å²) in [5.74, 6) is -2.47. The minimum absolute atomic E-state index is 0.0125. The molecule has 0 amide bonds. The fourth-order valence-electron chi connectivity index (χ4n) is 5.52. The van der Waals surface area contributed by atoms with Crippen molar-refractivity contribution in [3.05, 3.63) is 12.2 Å². The van der Waals surface area contributed by atoms with Crippen LogP contribution in [0.3, 0.4) is 0 Å². The highest BCUT2D eigenvalue weighted by atomic mass is 32.2. The van der Waals surface area contributed by atoms with Crippen LogP contribution in [0, 0.1) is 11.8 Å². The van der Waals surface area contributed by atoms with Gasteiger partial charge < -0.3 is 20.7 Å². The minimum Gasteiger partial charge on any atom is -0.480 e. The number of aliphatic hydroxyl groups is 1. The average molecular weight is 662 g/mol. The molecule has 10 heteroatoms. The second-order valence-corrected chi connectivity index (χ2v) is 15.3. The summed E-state index contributed by atoms with van der Waals surface area (Å²) in [6.07, 6.45) is 21.3. The molecule has 266 valence electrons. The second kappa shape index (κ2) is 25.6. The van der Waals surface area contributed by atoms with Gasteiger partial charge in [0.05, 0.1) is 0 Å². The quantitative estimate of drug-likeness (QED) is 0.0258. The van der Waals surface area contributed by atoms with E-state index in [1.165, 1.54) is 76.7 Å². The summed E-state index contributed by atoms with van der Waals surface area (Å²) in [6.45, 7) is 8.99. The molecule has 45 heavy (non-hydrogen) atoms. The van der Waals surface area contributed by atoms with E-state index in [0.29, 0.717) is 12.8 Å². The van der Waals surface area contributed by atoms with E-state index >= 15 is 0 Å². The van der Waals surface area contributed by atoms with Crippen molar-refractivity contribution in [2.45, 2.75) is 180 Å². The van der Waals surface area contributed by atoms with Crippen LogP contribution in [0.5, 0.6) is 0 Å². The molecule has 5 N–H and O–H groups in total. The predicted octanol–water partition coefficient (Wildman–Crippen LogP) is 7.99. The zero-order chi connectivity index (χ0) is 34.1. The van der Waals surface area contributed by atoms with E-state index in [1.54, 1.807) is 6.08 Å². The van der Waals surface area contributed by atoms with Crippen molar-refractivity contribution < 1.29 is 37.5 Å². The number of aliphatic carboxylic acids is 1. The molecule has 0 saturated carbocycles. The second-order valence-electron chi connectivity index (χ2n) is 13.8. The Morgan fingerprint density at radius 3 is 1.53 bits per heavy atom. The van der Waals surface area contributed by atoms with Gasteiger partial charge in [0.1, 0.15) is 11.9 Å². The number of allylic oxidation sites excluding steroid dienone is 1. The van der Waals surface area contributed by atoms with Gasteiger partial charge in [0.25, 0.3) is 10.1 Å². The molecule has 0 aliphatic heterocycles. The molecular weight excluding hydrogens is 594 g/mol. The first kappa shape index (κ1) is 43.5. The number of rotatable bonds is 30. The largest absolute Gasteiger partial charge is 0.480 e. The van der Waals surface area contributed by atoms with E-state index in [-0.39, 0.29) is 6.42 Å². The lowest BCUT2D eigenvalue weighted by Crippen LogP contribution is -2.65. The van der Waals surface area contributed by atoms with Gasteiger partial charge in [0, 0.05) is 6.42 Å². The van der Waals surface area contributed by atoms with Crippen molar-refractivity contribution in [3.8, 4) is 0 Å². The summed E-state index contributed by atoms with van der Waals surface area (Å²) in [5.41, 5.74) is 3.18. The van der Waals surface area contributed by atoms with Gasteiger partial charge in [-0.05, 0) is 31.1 Å². The van der Waals surface area contributed by atoms with Crippen LogP contribution in [0.15, 0.2) is 12.2 Å². The number of esters is 1. The smallest absolute Gasteiger partial charge is 0.328 e. The van der Waals surface area contributed by atoms with E-state index in [0.717, 1.165) is 56.8 Å². The first-order chi connectivity index (χ1) is 21.2. The molecule has 3 atom stereocenters. The fraction of sp³-hybridized carbons (Fsp3) is 0.886. The summed E-state index contributed by atoms with van der Waals surface area (Å²) in [7, 11) is -4.86. The van der Waals surface area contributed by atoms with Gasteiger partial charge in [-0.2, -0.15) is 8.42 Å². The highest BCUT2D eigenvalue weighted by Gasteiger charge is 2.51. The Bertz CT molecular complexity index is 905. The number of carboxylic acids is 1. The first-order valence-corrected chi connectivity index (χ1v) is 19.3. The van der Waals surface area contributed by atoms with Gasteiger partial charge in [-0.1, -0.05) is 149 Å². The summed E-state index contributed by atoms with van der Waals surface area (Å²) in [6, 6.07) is 0. The third kappa shape index (κ3) is 24.4. The van der Waals surface area contributed by atoms with Crippen molar-refractivity contribution in [1.82, 2.24) is 0 Å². The standard InChI is InChI=1S/C35H67NO8S/c1-29(2)24-20-16-12-8-5-6-10-14-18-22-26-31(37)33(35(36,34(39)40)28-45(41,42)43)44-32(38)27-23-19-15-11-7-9-13-17-21-25-30(3)4/h22,26,29-31,33,37H,5-21,23-25,27-28,36H2,1-4H3,(H,39,40)(H,41,42,43). The van der Waals surface area contributed by atoms with Crippen LogP contribution >= 0.6 is 0 Å². The molecule has 0 saturated heterocycles. The van der Waals surface area contributed by atoms with Crippen LogP contribution in [-0.2, 0) is 24.4 Å². The van der Waals surface area contributed by atoms with Crippen LogP contribution in [0.1, 0.15) is 163 Å². The number of hydrogen-bond acceptors (Lipinski definition) is 7. The monoisotopic (exact) mass is 661 g/mol. The van der Waals surface area contributed by atoms with E-state index < -0.39 is 45.6 Å². The Morgan fingerprint density at radius 2 is 1.13 bits per heavy atom. The summed E-state index contributed by atoms with van der Waals surface area (Å²) in [4.78, 5) is 24.7. The van der Waals surface area contributed by atoms with E-state index in [4.69, 9.17) is 10.5 Å². The third-order valence-electron chi connectivity index (χ3n) is 8.29.